The molecule has 0 fully saturated rings. The fraction of sp³-hybridized carbons (Fsp3) is 0.100. The summed E-state index contributed by atoms with van der Waals surface area (Å²) >= 11 is 4.97. The van der Waals surface area contributed by atoms with Crippen molar-refractivity contribution in [3.8, 4) is 0 Å². The normalized spacial score (nSPS) is 10.3. The van der Waals surface area contributed by atoms with E-state index in [0.29, 0.717) is 24.2 Å². The third-order valence-corrected chi connectivity index (χ3v) is 5.13. The molecule has 26 heavy (non-hydrogen) atoms. The Labute approximate surface area is 164 Å². The third-order valence-electron chi connectivity index (χ3n) is 3.72. The molecule has 0 saturated heterocycles. The van der Waals surface area contributed by atoms with Gasteiger partial charge in [0.2, 0.25) is 5.91 Å². The molecule has 6 heteroatoms. The Hall–Kier alpha value is -2.44. The van der Waals surface area contributed by atoms with Gasteiger partial charge in [-0.3, -0.25) is 9.59 Å². The molecule has 0 bridgehead atoms. The summed E-state index contributed by atoms with van der Waals surface area (Å²) in [6, 6.07) is 18.4. The van der Waals surface area contributed by atoms with Crippen molar-refractivity contribution in [3.63, 3.8) is 0 Å². The van der Waals surface area contributed by atoms with Crippen molar-refractivity contribution in [3.05, 3.63) is 86.5 Å². The standard InChI is InChI=1S/C20H17BrN2O2S/c21-16-7-5-15(6-8-16)20(25)23-17-9-3-14(4-10-17)12-19(24)22-13-18-2-1-11-26-18/h1-11H,12-13H2,(H,22,24)(H,23,25). The van der Waals surface area contributed by atoms with Crippen molar-refractivity contribution in [1.29, 1.82) is 0 Å². The van der Waals surface area contributed by atoms with Crippen LogP contribution in [0.1, 0.15) is 20.8 Å². The van der Waals surface area contributed by atoms with Gasteiger partial charge in [-0.1, -0.05) is 34.1 Å². The summed E-state index contributed by atoms with van der Waals surface area (Å²) in [5.41, 5.74) is 2.18. The van der Waals surface area contributed by atoms with E-state index >= 15 is 0 Å². The summed E-state index contributed by atoms with van der Waals surface area (Å²) in [6.07, 6.45) is 0.312. The number of hydrogen-bond donors (Lipinski definition) is 2. The smallest absolute Gasteiger partial charge is 0.255 e. The lowest BCUT2D eigenvalue weighted by atomic mass is 10.1. The van der Waals surface area contributed by atoms with Gasteiger partial charge in [0, 0.05) is 20.6 Å². The third kappa shape index (κ3) is 5.28. The van der Waals surface area contributed by atoms with Gasteiger partial charge >= 0.3 is 0 Å². The number of anilines is 1. The van der Waals surface area contributed by atoms with Crippen molar-refractivity contribution in [2.75, 3.05) is 5.32 Å². The van der Waals surface area contributed by atoms with E-state index in [0.717, 1.165) is 14.9 Å². The molecule has 2 aromatic carbocycles. The van der Waals surface area contributed by atoms with Gasteiger partial charge in [0.1, 0.15) is 0 Å². The van der Waals surface area contributed by atoms with Crippen LogP contribution in [-0.4, -0.2) is 11.8 Å². The average molecular weight is 429 g/mol. The van der Waals surface area contributed by atoms with Crippen molar-refractivity contribution in [1.82, 2.24) is 5.32 Å². The number of benzene rings is 2. The molecular weight excluding hydrogens is 412 g/mol. The summed E-state index contributed by atoms with van der Waals surface area (Å²) in [5, 5.41) is 7.74. The van der Waals surface area contributed by atoms with Gasteiger partial charge < -0.3 is 10.6 Å². The SMILES string of the molecule is O=C(Cc1ccc(NC(=O)c2ccc(Br)cc2)cc1)NCc1cccs1. The second-order valence-electron chi connectivity index (χ2n) is 5.69. The molecule has 132 valence electrons. The minimum absolute atomic E-state index is 0.0231. The maximum atomic E-state index is 12.2. The van der Waals surface area contributed by atoms with E-state index in [1.165, 1.54) is 0 Å². The molecule has 0 aliphatic carbocycles. The Morgan fingerprint density at radius 1 is 0.962 bits per heavy atom. The molecular formula is C20H17BrN2O2S. The highest BCUT2D eigenvalue weighted by Crippen LogP contribution is 2.14. The number of hydrogen-bond acceptors (Lipinski definition) is 3. The van der Waals surface area contributed by atoms with Gasteiger partial charge in [-0.05, 0) is 53.4 Å². The van der Waals surface area contributed by atoms with E-state index < -0.39 is 0 Å². The molecule has 0 unspecified atom stereocenters. The van der Waals surface area contributed by atoms with Gasteiger partial charge in [-0.15, -0.1) is 11.3 Å². The van der Waals surface area contributed by atoms with Crippen LogP contribution >= 0.6 is 27.3 Å². The first-order chi connectivity index (χ1) is 12.6. The summed E-state index contributed by atoms with van der Waals surface area (Å²) < 4.78 is 0.927. The van der Waals surface area contributed by atoms with Crippen molar-refractivity contribution < 1.29 is 9.59 Å². The molecule has 1 heterocycles. The van der Waals surface area contributed by atoms with E-state index in [9.17, 15) is 9.59 Å². The number of amides is 2. The molecule has 2 N–H and O–H groups in total. The quantitative estimate of drug-likeness (QED) is 0.601. The molecule has 2 amide bonds. The highest BCUT2D eigenvalue weighted by atomic mass is 79.9. The van der Waals surface area contributed by atoms with Crippen LogP contribution in [-0.2, 0) is 17.8 Å². The zero-order valence-corrected chi connectivity index (χ0v) is 16.3. The highest BCUT2D eigenvalue weighted by molar-refractivity contribution is 9.10. The minimum atomic E-state index is -0.168. The van der Waals surface area contributed by atoms with Crippen LogP contribution in [0.15, 0.2) is 70.5 Å². The van der Waals surface area contributed by atoms with E-state index in [-0.39, 0.29) is 11.8 Å². The van der Waals surface area contributed by atoms with E-state index in [1.54, 1.807) is 35.6 Å². The number of halogens is 1. The number of carbonyl (C=O) groups excluding carboxylic acids is 2. The maximum absolute atomic E-state index is 12.2. The predicted molar refractivity (Wildman–Crippen MR) is 108 cm³/mol. The van der Waals surface area contributed by atoms with Gasteiger partial charge in [0.25, 0.3) is 5.91 Å². The number of thiophene rings is 1. The molecule has 1 aromatic heterocycles. The monoisotopic (exact) mass is 428 g/mol. The van der Waals surface area contributed by atoms with Crippen LogP contribution in [0.25, 0.3) is 0 Å². The maximum Gasteiger partial charge on any atom is 0.255 e. The van der Waals surface area contributed by atoms with Crippen LogP contribution < -0.4 is 10.6 Å². The summed E-state index contributed by atoms with van der Waals surface area (Å²) in [5.74, 6) is -0.191. The zero-order valence-electron chi connectivity index (χ0n) is 13.9. The van der Waals surface area contributed by atoms with Crippen molar-refractivity contribution in [2.24, 2.45) is 0 Å². The molecule has 0 spiro atoms. The molecule has 4 nitrogen and oxygen atoms in total. The lowest BCUT2D eigenvalue weighted by Gasteiger charge is -2.07. The lowest BCUT2D eigenvalue weighted by Crippen LogP contribution is -2.24. The number of rotatable bonds is 6. The Morgan fingerprint density at radius 3 is 2.35 bits per heavy atom. The van der Waals surface area contributed by atoms with Crippen molar-refractivity contribution in [2.45, 2.75) is 13.0 Å². The van der Waals surface area contributed by atoms with Crippen molar-refractivity contribution >= 4 is 44.8 Å². The highest BCUT2D eigenvalue weighted by Gasteiger charge is 2.07. The van der Waals surface area contributed by atoms with E-state index in [2.05, 4.69) is 26.6 Å². The zero-order chi connectivity index (χ0) is 18.4. The molecule has 3 rings (SSSR count). The first kappa shape index (κ1) is 18.4. The fourth-order valence-electron chi connectivity index (χ4n) is 2.36. The Balaban J connectivity index is 1.52. The van der Waals surface area contributed by atoms with E-state index in [4.69, 9.17) is 0 Å². The van der Waals surface area contributed by atoms with Crippen LogP contribution in [0.2, 0.25) is 0 Å². The predicted octanol–water partition coefficient (Wildman–Crippen LogP) is 4.62. The summed E-state index contributed by atoms with van der Waals surface area (Å²) in [4.78, 5) is 25.3. The molecule has 0 aliphatic heterocycles. The van der Waals surface area contributed by atoms with E-state index in [1.807, 2.05) is 41.8 Å². The lowest BCUT2D eigenvalue weighted by molar-refractivity contribution is -0.120. The number of carbonyl (C=O) groups is 2. The Morgan fingerprint density at radius 2 is 1.69 bits per heavy atom. The Kier molecular flexibility index (Phi) is 6.20. The molecule has 3 aromatic rings. The summed E-state index contributed by atoms with van der Waals surface area (Å²) in [6.45, 7) is 0.553. The molecule has 0 radical (unpaired) electrons. The molecule has 0 aliphatic rings. The fourth-order valence-corrected chi connectivity index (χ4v) is 3.27. The van der Waals surface area contributed by atoms with Gasteiger partial charge in [0.05, 0.1) is 13.0 Å². The van der Waals surface area contributed by atoms with Crippen LogP contribution in [0, 0.1) is 0 Å². The number of nitrogens with one attached hydrogen (secondary N) is 2. The second kappa shape index (κ2) is 8.78. The second-order valence-corrected chi connectivity index (χ2v) is 7.64. The first-order valence-electron chi connectivity index (χ1n) is 8.05. The average Bonchev–Trinajstić information content (AvgIpc) is 3.16. The Bertz CT molecular complexity index is 875. The summed E-state index contributed by atoms with van der Waals surface area (Å²) in [7, 11) is 0. The molecule has 0 atom stereocenters. The van der Waals surface area contributed by atoms with Crippen LogP contribution in [0.3, 0.4) is 0 Å². The first-order valence-corrected chi connectivity index (χ1v) is 9.72. The van der Waals surface area contributed by atoms with Gasteiger partial charge in [0.15, 0.2) is 0 Å². The largest absolute Gasteiger partial charge is 0.351 e. The molecule has 0 saturated carbocycles. The van der Waals surface area contributed by atoms with Crippen LogP contribution in [0.5, 0.6) is 0 Å². The van der Waals surface area contributed by atoms with Gasteiger partial charge in [-0.25, -0.2) is 0 Å². The van der Waals surface area contributed by atoms with Crippen LogP contribution in [0.4, 0.5) is 5.69 Å². The van der Waals surface area contributed by atoms with Gasteiger partial charge in [-0.2, -0.15) is 0 Å². The topological polar surface area (TPSA) is 58.2 Å². The minimum Gasteiger partial charge on any atom is -0.351 e.